The first-order chi connectivity index (χ1) is 12.0. The summed E-state index contributed by atoms with van der Waals surface area (Å²) < 4.78 is 0. The van der Waals surface area contributed by atoms with Crippen molar-refractivity contribution in [3.63, 3.8) is 0 Å². The maximum Gasteiger partial charge on any atom is 0.225 e. The maximum atomic E-state index is 12.5. The minimum absolute atomic E-state index is 0.0445. The molecule has 4 heteroatoms. The Bertz CT molecular complexity index is 758. The number of amides is 2. The van der Waals surface area contributed by atoms with Crippen LogP contribution >= 0.6 is 0 Å². The van der Waals surface area contributed by atoms with Gasteiger partial charge in [-0.25, -0.2) is 0 Å². The number of nitrogens with zero attached hydrogens (tertiary/aromatic N) is 1. The number of carbonyl (C=O) groups is 2. The van der Waals surface area contributed by atoms with Gasteiger partial charge >= 0.3 is 0 Å². The first-order valence-corrected chi connectivity index (χ1v) is 8.72. The second kappa shape index (κ2) is 7.51. The zero-order valence-electron chi connectivity index (χ0n) is 14.7. The first kappa shape index (κ1) is 17.2. The van der Waals surface area contributed by atoms with Gasteiger partial charge in [0.25, 0.3) is 0 Å². The normalized spacial score (nSPS) is 18.2. The number of carbonyl (C=O) groups excluding carboxylic acids is 2. The van der Waals surface area contributed by atoms with E-state index in [9.17, 15) is 9.59 Å². The van der Waals surface area contributed by atoms with Crippen LogP contribution in [-0.2, 0) is 16.1 Å². The Morgan fingerprint density at radius 3 is 2.56 bits per heavy atom. The van der Waals surface area contributed by atoms with Gasteiger partial charge in [0.1, 0.15) is 0 Å². The van der Waals surface area contributed by atoms with Crippen molar-refractivity contribution in [1.29, 1.82) is 0 Å². The van der Waals surface area contributed by atoms with Crippen LogP contribution in [0.1, 0.15) is 36.1 Å². The van der Waals surface area contributed by atoms with Crippen molar-refractivity contribution in [2.24, 2.45) is 5.92 Å². The third-order valence-corrected chi connectivity index (χ3v) is 4.87. The summed E-state index contributed by atoms with van der Waals surface area (Å²) in [5, 5.41) is 3.04. The lowest BCUT2D eigenvalue weighted by molar-refractivity contribution is -0.129. The molecule has 1 aliphatic heterocycles. The number of likely N-dealkylation sites (tertiary alicyclic amines) is 1. The molecule has 2 aromatic rings. The van der Waals surface area contributed by atoms with Gasteiger partial charge in [0.05, 0.1) is 12.0 Å². The second-order valence-corrected chi connectivity index (χ2v) is 6.74. The smallest absolute Gasteiger partial charge is 0.225 e. The second-order valence-electron chi connectivity index (χ2n) is 6.74. The lowest BCUT2D eigenvalue weighted by atomic mass is 10.1. The highest BCUT2D eigenvalue weighted by Gasteiger charge is 2.34. The first-order valence-electron chi connectivity index (χ1n) is 8.72. The highest BCUT2D eigenvalue weighted by Crippen LogP contribution is 2.22. The van der Waals surface area contributed by atoms with Crippen LogP contribution in [0, 0.1) is 12.8 Å². The maximum absolute atomic E-state index is 12.5. The molecule has 0 saturated carbocycles. The number of benzene rings is 2. The van der Waals surface area contributed by atoms with Crippen molar-refractivity contribution in [1.82, 2.24) is 10.2 Å². The molecular formula is C21H24N2O2. The molecule has 0 spiro atoms. The Balaban J connectivity index is 1.60. The average Bonchev–Trinajstić information content (AvgIpc) is 2.98. The molecule has 0 bridgehead atoms. The molecule has 1 fully saturated rings. The molecule has 25 heavy (non-hydrogen) atoms. The topological polar surface area (TPSA) is 49.4 Å². The van der Waals surface area contributed by atoms with Gasteiger partial charge < -0.3 is 10.2 Å². The molecule has 0 aromatic heterocycles. The molecule has 4 nitrogen and oxygen atoms in total. The van der Waals surface area contributed by atoms with Crippen molar-refractivity contribution in [3.8, 4) is 0 Å². The fourth-order valence-corrected chi connectivity index (χ4v) is 3.25. The molecule has 2 unspecified atom stereocenters. The molecule has 0 radical (unpaired) electrons. The van der Waals surface area contributed by atoms with Crippen molar-refractivity contribution in [2.45, 2.75) is 32.9 Å². The van der Waals surface area contributed by atoms with Crippen LogP contribution < -0.4 is 5.32 Å². The highest BCUT2D eigenvalue weighted by molar-refractivity contribution is 5.89. The van der Waals surface area contributed by atoms with Crippen molar-refractivity contribution < 1.29 is 9.59 Å². The average molecular weight is 336 g/mol. The molecule has 3 rings (SSSR count). The molecule has 1 heterocycles. The standard InChI is InChI=1S/C21H24N2O2/c1-15-8-6-7-11-18(15)13-23-14-19(12-20(23)24)21(25)22-16(2)17-9-4-3-5-10-17/h3-11,16,19H,12-14H2,1-2H3,(H,22,25). The van der Waals surface area contributed by atoms with Crippen LogP contribution in [0.3, 0.4) is 0 Å². The van der Waals surface area contributed by atoms with E-state index < -0.39 is 0 Å². The zero-order chi connectivity index (χ0) is 17.8. The number of aryl methyl sites for hydroxylation is 1. The van der Waals surface area contributed by atoms with Gasteiger partial charge in [0.2, 0.25) is 11.8 Å². The molecule has 1 N–H and O–H groups in total. The SMILES string of the molecule is Cc1ccccc1CN1CC(C(=O)NC(C)c2ccccc2)CC1=O. The van der Waals surface area contributed by atoms with E-state index in [1.807, 2.05) is 68.4 Å². The summed E-state index contributed by atoms with van der Waals surface area (Å²) in [7, 11) is 0. The Labute approximate surface area is 148 Å². The summed E-state index contributed by atoms with van der Waals surface area (Å²) >= 11 is 0. The van der Waals surface area contributed by atoms with Crippen molar-refractivity contribution >= 4 is 11.8 Å². The number of hydrogen-bond donors (Lipinski definition) is 1. The predicted molar refractivity (Wildman–Crippen MR) is 97.7 cm³/mol. The molecule has 2 aromatic carbocycles. The van der Waals surface area contributed by atoms with Gasteiger partial charge in [-0.3, -0.25) is 9.59 Å². The quantitative estimate of drug-likeness (QED) is 0.911. The molecule has 0 aliphatic carbocycles. The van der Waals surface area contributed by atoms with Crippen molar-refractivity contribution in [3.05, 3.63) is 71.3 Å². The van der Waals surface area contributed by atoms with Crippen molar-refractivity contribution in [2.75, 3.05) is 6.54 Å². The van der Waals surface area contributed by atoms with E-state index in [0.29, 0.717) is 19.5 Å². The Morgan fingerprint density at radius 2 is 1.84 bits per heavy atom. The van der Waals surface area contributed by atoms with Crippen LogP contribution in [-0.4, -0.2) is 23.3 Å². The van der Waals surface area contributed by atoms with Gasteiger partial charge in [0, 0.05) is 19.5 Å². The molecule has 130 valence electrons. The van der Waals surface area contributed by atoms with Crippen LogP contribution in [0.15, 0.2) is 54.6 Å². The van der Waals surface area contributed by atoms with Gasteiger partial charge in [-0.05, 0) is 30.5 Å². The summed E-state index contributed by atoms with van der Waals surface area (Å²) in [6.45, 7) is 5.07. The van der Waals surface area contributed by atoms with E-state index >= 15 is 0 Å². The lowest BCUT2D eigenvalue weighted by Crippen LogP contribution is -2.34. The van der Waals surface area contributed by atoms with E-state index in [1.54, 1.807) is 4.90 Å². The summed E-state index contributed by atoms with van der Waals surface area (Å²) in [4.78, 5) is 26.6. The Hall–Kier alpha value is -2.62. The summed E-state index contributed by atoms with van der Waals surface area (Å²) in [6.07, 6.45) is 0.291. The lowest BCUT2D eigenvalue weighted by Gasteiger charge is -2.19. The molecular weight excluding hydrogens is 312 g/mol. The van der Waals surface area contributed by atoms with Crippen LogP contribution in [0.5, 0.6) is 0 Å². The summed E-state index contributed by atoms with van der Waals surface area (Å²) in [5.74, 6) is -0.268. The predicted octanol–water partition coefficient (Wildman–Crippen LogP) is 3.22. The largest absolute Gasteiger partial charge is 0.349 e. The van der Waals surface area contributed by atoms with E-state index in [1.165, 1.54) is 5.56 Å². The number of hydrogen-bond acceptors (Lipinski definition) is 2. The fraction of sp³-hybridized carbons (Fsp3) is 0.333. The van der Waals surface area contributed by atoms with E-state index in [2.05, 4.69) is 5.32 Å². The number of rotatable bonds is 5. The highest BCUT2D eigenvalue weighted by atomic mass is 16.2. The summed E-state index contributed by atoms with van der Waals surface area (Å²) in [6, 6.07) is 17.9. The van der Waals surface area contributed by atoms with Gasteiger partial charge in [-0.2, -0.15) is 0 Å². The van der Waals surface area contributed by atoms with E-state index in [0.717, 1.165) is 11.1 Å². The molecule has 1 aliphatic rings. The monoisotopic (exact) mass is 336 g/mol. The van der Waals surface area contributed by atoms with Crippen LogP contribution in [0.2, 0.25) is 0 Å². The Kier molecular flexibility index (Phi) is 5.17. The van der Waals surface area contributed by atoms with Gasteiger partial charge in [0.15, 0.2) is 0 Å². The minimum atomic E-state index is -0.275. The third kappa shape index (κ3) is 4.08. The van der Waals surface area contributed by atoms with Crippen LogP contribution in [0.4, 0.5) is 0 Å². The molecule has 2 atom stereocenters. The summed E-state index contributed by atoms with van der Waals surface area (Å²) in [5.41, 5.74) is 3.37. The Morgan fingerprint density at radius 1 is 1.16 bits per heavy atom. The third-order valence-electron chi connectivity index (χ3n) is 4.87. The zero-order valence-corrected chi connectivity index (χ0v) is 14.7. The molecule has 1 saturated heterocycles. The minimum Gasteiger partial charge on any atom is -0.349 e. The molecule has 2 amide bonds. The van der Waals surface area contributed by atoms with Crippen LogP contribution in [0.25, 0.3) is 0 Å². The van der Waals surface area contributed by atoms with Gasteiger partial charge in [-0.1, -0.05) is 54.6 Å². The fourth-order valence-electron chi connectivity index (χ4n) is 3.25. The van der Waals surface area contributed by atoms with E-state index in [4.69, 9.17) is 0 Å². The number of nitrogens with one attached hydrogen (secondary N) is 1. The van der Waals surface area contributed by atoms with Gasteiger partial charge in [-0.15, -0.1) is 0 Å². The van der Waals surface area contributed by atoms with E-state index in [-0.39, 0.29) is 23.8 Å².